The Morgan fingerprint density at radius 3 is 2.73 bits per heavy atom. The Kier molecular flexibility index (Phi) is 2.46. The molecule has 0 saturated heterocycles. The predicted octanol–water partition coefficient (Wildman–Crippen LogP) is 3.03. The van der Waals surface area contributed by atoms with Crippen LogP contribution in [0.5, 0.6) is 5.75 Å². The van der Waals surface area contributed by atoms with E-state index in [1.54, 1.807) is 12.1 Å². The second-order valence-electron chi connectivity index (χ2n) is 3.79. The van der Waals surface area contributed by atoms with Gasteiger partial charge in [-0.1, -0.05) is 6.92 Å². The number of aromatic carboxylic acids is 1. The third kappa shape index (κ3) is 1.63. The van der Waals surface area contributed by atoms with Crippen molar-refractivity contribution in [1.82, 2.24) is 0 Å². The molecule has 2 rings (SSSR count). The van der Waals surface area contributed by atoms with E-state index in [0.29, 0.717) is 10.0 Å². The molecule has 2 unspecified atom stereocenters. The van der Waals surface area contributed by atoms with Crippen LogP contribution in [0.4, 0.5) is 0 Å². The molecule has 1 N–H and O–H groups in total. The molecule has 2 atom stereocenters. The van der Waals surface area contributed by atoms with Crippen LogP contribution in [0.1, 0.15) is 35.7 Å². The topological polar surface area (TPSA) is 46.5 Å². The van der Waals surface area contributed by atoms with Gasteiger partial charge in [-0.15, -0.1) is 0 Å². The first-order chi connectivity index (χ1) is 7.00. The van der Waals surface area contributed by atoms with Crippen molar-refractivity contribution in [2.24, 2.45) is 0 Å². The van der Waals surface area contributed by atoms with Crippen LogP contribution in [0.2, 0.25) is 0 Å². The van der Waals surface area contributed by atoms with Gasteiger partial charge < -0.3 is 9.84 Å². The molecule has 1 aliphatic rings. The van der Waals surface area contributed by atoms with E-state index in [-0.39, 0.29) is 12.0 Å². The average molecular weight is 271 g/mol. The van der Waals surface area contributed by atoms with Crippen LogP contribution in [-0.2, 0) is 0 Å². The van der Waals surface area contributed by atoms with E-state index in [1.165, 1.54) is 0 Å². The molecule has 1 aromatic rings. The van der Waals surface area contributed by atoms with Gasteiger partial charge in [-0.3, -0.25) is 0 Å². The molecule has 80 valence electrons. The fourth-order valence-electron chi connectivity index (χ4n) is 1.74. The number of halogens is 1. The van der Waals surface area contributed by atoms with Gasteiger partial charge in [-0.25, -0.2) is 4.79 Å². The van der Waals surface area contributed by atoms with Gasteiger partial charge >= 0.3 is 5.97 Å². The quantitative estimate of drug-likeness (QED) is 0.853. The lowest BCUT2D eigenvalue weighted by Gasteiger charge is -2.07. The number of ether oxygens (including phenoxy) is 1. The Bertz CT molecular complexity index is 428. The molecule has 0 radical (unpaired) electrons. The van der Waals surface area contributed by atoms with Gasteiger partial charge in [0.15, 0.2) is 0 Å². The van der Waals surface area contributed by atoms with Gasteiger partial charge in [0, 0.05) is 11.5 Å². The van der Waals surface area contributed by atoms with E-state index >= 15 is 0 Å². The molecular weight excluding hydrogens is 260 g/mol. The lowest BCUT2D eigenvalue weighted by atomic mass is 9.97. The van der Waals surface area contributed by atoms with Crippen LogP contribution in [0.25, 0.3) is 0 Å². The maximum atomic E-state index is 10.9. The highest BCUT2D eigenvalue weighted by Gasteiger charge is 2.30. The molecule has 0 aliphatic carbocycles. The molecule has 15 heavy (non-hydrogen) atoms. The SMILES string of the molecule is CC1Oc2c(Br)cc(C(=O)O)cc2C1C. The first-order valence-corrected chi connectivity index (χ1v) is 5.53. The number of rotatable bonds is 1. The number of carboxylic acids is 1. The molecule has 3 nitrogen and oxygen atoms in total. The van der Waals surface area contributed by atoms with E-state index in [1.807, 2.05) is 13.8 Å². The van der Waals surface area contributed by atoms with Crippen LogP contribution in [0.15, 0.2) is 16.6 Å². The summed E-state index contributed by atoms with van der Waals surface area (Å²) in [5.41, 5.74) is 1.26. The minimum absolute atomic E-state index is 0.0975. The average Bonchev–Trinajstić information content (AvgIpc) is 2.45. The molecule has 1 aliphatic heterocycles. The van der Waals surface area contributed by atoms with Crippen LogP contribution >= 0.6 is 15.9 Å². The fraction of sp³-hybridized carbons (Fsp3) is 0.364. The molecule has 0 spiro atoms. The first kappa shape index (κ1) is 10.5. The molecular formula is C11H11BrO3. The normalized spacial score (nSPS) is 23.4. The van der Waals surface area contributed by atoms with Gasteiger partial charge in [0.1, 0.15) is 11.9 Å². The molecule has 0 fully saturated rings. The van der Waals surface area contributed by atoms with E-state index in [2.05, 4.69) is 15.9 Å². The van der Waals surface area contributed by atoms with Crippen molar-refractivity contribution in [3.63, 3.8) is 0 Å². The summed E-state index contributed by atoms with van der Waals surface area (Å²) in [6.45, 7) is 4.02. The summed E-state index contributed by atoms with van der Waals surface area (Å²) in [5.74, 6) is 0.0980. The van der Waals surface area contributed by atoms with Crippen molar-refractivity contribution >= 4 is 21.9 Å². The lowest BCUT2D eigenvalue weighted by molar-refractivity contribution is 0.0696. The Hall–Kier alpha value is -1.03. The highest BCUT2D eigenvalue weighted by atomic mass is 79.9. The number of carboxylic acid groups (broad SMARTS) is 1. The maximum absolute atomic E-state index is 10.9. The van der Waals surface area contributed by atoms with Gasteiger partial charge in [-0.05, 0) is 35.0 Å². The monoisotopic (exact) mass is 270 g/mol. The molecule has 0 saturated carbocycles. The number of carbonyl (C=O) groups is 1. The largest absolute Gasteiger partial charge is 0.489 e. The predicted molar refractivity (Wildman–Crippen MR) is 59.6 cm³/mol. The summed E-state index contributed by atoms with van der Waals surface area (Å²) in [6.07, 6.45) is 0.0975. The lowest BCUT2D eigenvalue weighted by Crippen LogP contribution is -2.10. The molecule has 0 bridgehead atoms. The third-order valence-corrected chi connectivity index (χ3v) is 3.41. The summed E-state index contributed by atoms with van der Waals surface area (Å²) < 4.78 is 6.36. The van der Waals surface area contributed by atoms with E-state index < -0.39 is 5.97 Å². The van der Waals surface area contributed by atoms with Gasteiger partial charge in [0.25, 0.3) is 0 Å². The van der Waals surface area contributed by atoms with Gasteiger partial charge in [0.2, 0.25) is 0 Å². The van der Waals surface area contributed by atoms with Crippen molar-refractivity contribution in [2.75, 3.05) is 0 Å². The summed E-state index contributed by atoms with van der Waals surface area (Å²) >= 11 is 3.33. The minimum Gasteiger partial charge on any atom is -0.489 e. The zero-order valence-electron chi connectivity index (χ0n) is 8.45. The van der Waals surface area contributed by atoms with Crippen molar-refractivity contribution in [2.45, 2.75) is 25.9 Å². The summed E-state index contributed by atoms with van der Waals surface area (Å²) in [5, 5.41) is 8.93. The Morgan fingerprint density at radius 1 is 1.47 bits per heavy atom. The summed E-state index contributed by atoms with van der Waals surface area (Å²) in [6, 6.07) is 3.27. The number of benzene rings is 1. The van der Waals surface area contributed by atoms with Crippen molar-refractivity contribution < 1.29 is 14.6 Å². The molecule has 0 aromatic heterocycles. The third-order valence-electron chi connectivity index (χ3n) is 2.82. The van der Waals surface area contributed by atoms with Gasteiger partial charge in [0.05, 0.1) is 10.0 Å². The van der Waals surface area contributed by atoms with Crippen molar-refractivity contribution in [3.8, 4) is 5.75 Å². The van der Waals surface area contributed by atoms with E-state index in [0.717, 1.165) is 11.3 Å². The second kappa shape index (κ2) is 3.52. The van der Waals surface area contributed by atoms with Crippen LogP contribution < -0.4 is 4.74 Å². The second-order valence-corrected chi connectivity index (χ2v) is 4.65. The molecule has 1 heterocycles. The smallest absolute Gasteiger partial charge is 0.335 e. The van der Waals surface area contributed by atoms with Crippen LogP contribution in [0.3, 0.4) is 0 Å². The minimum atomic E-state index is -0.912. The first-order valence-electron chi connectivity index (χ1n) is 4.74. The Morgan fingerprint density at radius 2 is 2.13 bits per heavy atom. The molecule has 0 amide bonds. The Balaban J connectivity index is 2.57. The zero-order chi connectivity index (χ0) is 11.2. The van der Waals surface area contributed by atoms with E-state index in [9.17, 15) is 4.79 Å². The number of hydrogen-bond acceptors (Lipinski definition) is 2. The number of hydrogen-bond donors (Lipinski definition) is 1. The maximum Gasteiger partial charge on any atom is 0.335 e. The van der Waals surface area contributed by atoms with Crippen LogP contribution in [0, 0.1) is 0 Å². The zero-order valence-corrected chi connectivity index (χ0v) is 10.0. The van der Waals surface area contributed by atoms with Crippen molar-refractivity contribution in [1.29, 1.82) is 0 Å². The highest BCUT2D eigenvalue weighted by molar-refractivity contribution is 9.10. The Labute approximate surface area is 96.2 Å². The van der Waals surface area contributed by atoms with Gasteiger partial charge in [-0.2, -0.15) is 0 Å². The fourth-order valence-corrected chi connectivity index (χ4v) is 2.31. The molecule has 1 aromatic carbocycles. The summed E-state index contributed by atoms with van der Waals surface area (Å²) in [4.78, 5) is 10.9. The summed E-state index contributed by atoms with van der Waals surface area (Å²) in [7, 11) is 0. The van der Waals surface area contributed by atoms with Crippen LogP contribution in [-0.4, -0.2) is 17.2 Å². The standard InChI is InChI=1S/C11H11BrO3/c1-5-6(2)15-10-8(5)3-7(11(13)14)4-9(10)12/h3-6H,1-2H3,(H,13,14). The van der Waals surface area contributed by atoms with Crippen molar-refractivity contribution in [3.05, 3.63) is 27.7 Å². The van der Waals surface area contributed by atoms with E-state index in [4.69, 9.17) is 9.84 Å². The number of fused-ring (bicyclic) bond motifs is 1. The highest BCUT2D eigenvalue weighted by Crippen LogP contribution is 2.43. The molecule has 4 heteroatoms.